The van der Waals surface area contributed by atoms with Crippen LogP contribution in [0, 0.1) is 6.92 Å². The molecular formula is C16H15BrO3. The number of rotatable bonds is 5. The molecule has 20 heavy (non-hydrogen) atoms. The van der Waals surface area contributed by atoms with Gasteiger partial charge >= 0.3 is 0 Å². The van der Waals surface area contributed by atoms with Crippen molar-refractivity contribution in [3.63, 3.8) is 0 Å². The summed E-state index contributed by atoms with van der Waals surface area (Å²) in [6.45, 7) is 1.96. The first-order valence-electron chi connectivity index (χ1n) is 6.16. The van der Waals surface area contributed by atoms with Crippen LogP contribution in [0.3, 0.4) is 0 Å². The SMILES string of the molecule is COc1ccc(C(=O)COc2cc(Br)ccc2C)cc1. The molecular weight excluding hydrogens is 320 g/mol. The van der Waals surface area contributed by atoms with Crippen LogP contribution < -0.4 is 9.47 Å². The molecule has 0 saturated carbocycles. The largest absolute Gasteiger partial charge is 0.497 e. The van der Waals surface area contributed by atoms with Gasteiger partial charge in [0.25, 0.3) is 0 Å². The van der Waals surface area contributed by atoms with Crippen LogP contribution in [0.2, 0.25) is 0 Å². The lowest BCUT2D eigenvalue weighted by atomic mass is 10.1. The zero-order valence-corrected chi connectivity index (χ0v) is 12.9. The van der Waals surface area contributed by atoms with Crippen molar-refractivity contribution in [2.24, 2.45) is 0 Å². The summed E-state index contributed by atoms with van der Waals surface area (Å²) < 4.78 is 11.6. The monoisotopic (exact) mass is 334 g/mol. The number of hydrogen-bond acceptors (Lipinski definition) is 3. The van der Waals surface area contributed by atoms with Crippen molar-refractivity contribution in [1.29, 1.82) is 0 Å². The molecule has 3 nitrogen and oxygen atoms in total. The van der Waals surface area contributed by atoms with Gasteiger partial charge in [-0.1, -0.05) is 22.0 Å². The molecule has 0 aliphatic heterocycles. The van der Waals surface area contributed by atoms with Gasteiger partial charge in [-0.25, -0.2) is 0 Å². The lowest BCUT2D eigenvalue weighted by molar-refractivity contribution is 0.0921. The van der Waals surface area contributed by atoms with Crippen molar-refractivity contribution in [2.45, 2.75) is 6.92 Å². The molecule has 0 N–H and O–H groups in total. The van der Waals surface area contributed by atoms with E-state index in [9.17, 15) is 4.79 Å². The predicted molar refractivity (Wildman–Crippen MR) is 81.7 cm³/mol. The Morgan fingerprint density at radius 1 is 1.15 bits per heavy atom. The van der Waals surface area contributed by atoms with E-state index in [4.69, 9.17) is 9.47 Å². The van der Waals surface area contributed by atoms with E-state index in [1.54, 1.807) is 31.4 Å². The summed E-state index contributed by atoms with van der Waals surface area (Å²) in [5.74, 6) is 1.37. The summed E-state index contributed by atoms with van der Waals surface area (Å²) >= 11 is 3.39. The second-order valence-electron chi connectivity index (χ2n) is 4.35. The molecule has 0 radical (unpaired) electrons. The number of methoxy groups -OCH3 is 1. The average Bonchev–Trinajstić information content (AvgIpc) is 2.48. The minimum Gasteiger partial charge on any atom is -0.497 e. The number of carbonyl (C=O) groups is 1. The van der Waals surface area contributed by atoms with Crippen LogP contribution in [-0.4, -0.2) is 19.5 Å². The first kappa shape index (κ1) is 14.6. The van der Waals surface area contributed by atoms with E-state index in [0.29, 0.717) is 11.3 Å². The van der Waals surface area contributed by atoms with Crippen LogP contribution in [-0.2, 0) is 0 Å². The molecule has 0 aliphatic rings. The summed E-state index contributed by atoms with van der Waals surface area (Å²) in [5.41, 5.74) is 1.61. The van der Waals surface area contributed by atoms with Crippen LogP contribution >= 0.6 is 15.9 Å². The molecule has 0 fully saturated rings. The molecule has 0 bridgehead atoms. The number of carbonyl (C=O) groups excluding carboxylic acids is 1. The maximum Gasteiger partial charge on any atom is 0.200 e. The zero-order chi connectivity index (χ0) is 14.5. The van der Waals surface area contributed by atoms with Gasteiger partial charge in [0.2, 0.25) is 0 Å². The van der Waals surface area contributed by atoms with Gasteiger partial charge in [-0.15, -0.1) is 0 Å². The van der Waals surface area contributed by atoms with Crippen molar-refractivity contribution >= 4 is 21.7 Å². The average molecular weight is 335 g/mol. The molecule has 2 aromatic carbocycles. The molecule has 0 aromatic heterocycles. The molecule has 104 valence electrons. The van der Waals surface area contributed by atoms with Crippen molar-refractivity contribution in [1.82, 2.24) is 0 Å². The number of Topliss-reactive ketones (excluding diaryl/α,β-unsaturated/α-hetero) is 1. The molecule has 2 aromatic rings. The highest BCUT2D eigenvalue weighted by Gasteiger charge is 2.08. The first-order chi connectivity index (χ1) is 9.60. The lowest BCUT2D eigenvalue weighted by Gasteiger charge is -2.09. The van der Waals surface area contributed by atoms with Crippen LogP contribution in [0.25, 0.3) is 0 Å². The third-order valence-corrected chi connectivity index (χ3v) is 3.41. The zero-order valence-electron chi connectivity index (χ0n) is 11.4. The van der Waals surface area contributed by atoms with Crippen LogP contribution in [0.4, 0.5) is 0 Å². The van der Waals surface area contributed by atoms with Crippen LogP contribution in [0.15, 0.2) is 46.9 Å². The van der Waals surface area contributed by atoms with Crippen molar-refractivity contribution in [3.05, 3.63) is 58.1 Å². The van der Waals surface area contributed by atoms with Gasteiger partial charge in [-0.3, -0.25) is 4.79 Å². The topological polar surface area (TPSA) is 35.5 Å². The van der Waals surface area contributed by atoms with Gasteiger partial charge < -0.3 is 9.47 Å². The molecule has 0 unspecified atom stereocenters. The van der Waals surface area contributed by atoms with E-state index in [-0.39, 0.29) is 12.4 Å². The highest BCUT2D eigenvalue weighted by atomic mass is 79.9. The number of aryl methyl sites for hydroxylation is 1. The summed E-state index contributed by atoms with van der Waals surface area (Å²) in [6, 6.07) is 12.7. The summed E-state index contributed by atoms with van der Waals surface area (Å²) in [6.07, 6.45) is 0. The Hall–Kier alpha value is -1.81. The number of halogens is 1. The summed E-state index contributed by atoms with van der Waals surface area (Å²) in [4.78, 5) is 12.0. The molecule has 0 atom stereocenters. The van der Waals surface area contributed by atoms with E-state index in [2.05, 4.69) is 15.9 Å². The second kappa shape index (κ2) is 6.57. The Kier molecular flexibility index (Phi) is 4.79. The number of ketones is 1. The maximum absolute atomic E-state index is 12.0. The maximum atomic E-state index is 12.0. The molecule has 0 aliphatic carbocycles. The Balaban J connectivity index is 2.02. The molecule has 0 heterocycles. The Morgan fingerprint density at radius 2 is 1.85 bits per heavy atom. The molecule has 4 heteroatoms. The van der Waals surface area contributed by atoms with Gasteiger partial charge in [-0.05, 0) is 48.9 Å². The van der Waals surface area contributed by atoms with Crippen LogP contribution in [0.5, 0.6) is 11.5 Å². The Labute approximate surface area is 126 Å². The van der Waals surface area contributed by atoms with E-state index >= 15 is 0 Å². The lowest BCUT2D eigenvalue weighted by Crippen LogP contribution is -2.12. The molecule has 0 saturated heterocycles. The third-order valence-electron chi connectivity index (χ3n) is 2.92. The van der Waals surface area contributed by atoms with E-state index in [1.165, 1.54) is 0 Å². The molecule has 0 amide bonds. The Morgan fingerprint density at radius 3 is 2.50 bits per heavy atom. The Bertz CT molecular complexity index is 606. The van der Waals surface area contributed by atoms with Gasteiger partial charge in [0, 0.05) is 10.0 Å². The minimum atomic E-state index is -0.0629. The third kappa shape index (κ3) is 3.61. The first-order valence-corrected chi connectivity index (χ1v) is 6.95. The fourth-order valence-corrected chi connectivity index (χ4v) is 2.07. The number of ether oxygens (including phenoxy) is 2. The number of benzene rings is 2. The minimum absolute atomic E-state index is 0.0175. The van der Waals surface area contributed by atoms with Gasteiger partial charge in [0.1, 0.15) is 11.5 Å². The molecule has 0 spiro atoms. The smallest absolute Gasteiger partial charge is 0.200 e. The van der Waals surface area contributed by atoms with E-state index in [1.807, 2.05) is 25.1 Å². The number of hydrogen-bond donors (Lipinski definition) is 0. The quantitative estimate of drug-likeness (QED) is 0.774. The fraction of sp³-hybridized carbons (Fsp3) is 0.188. The molecule has 2 rings (SSSR count). The van der Waals surface area contributed by atoms with E-state index in [0.717, 1.165) is 15.8 Å². The van der Waals surface area contributed by atoms with Gasteiger partial charge in [-0.2, -0.15) is 0 Å². The van der Waals surface area contributed by atoms with Crippen molar-refractivity contribution in [3.8, 4) is 11.5 Å². The van der Waals surface area contributed by atoms with Crippen LogP contribution in [0.1, 0.15) is 15.9 Å². The normalized spacial score (nSPS) is 10.2. The summed E-state index contributed by atoms with van der Waals surface area (Å²) in [7, 11) is 1.59. The second-order valence-corrected chi connectivity index (χ2v) is 5.27. The van der Waals surface area contributed by atoms with Gasteiger partial charge in [0.05, 0.1) is 7.11 Å². The van der Waals surface area contributed by atoms with Gasteiger partial charge in [0.15, 0.2) is 12.4 Å². The van der Waals surface area contributed by atoms with E-state index < -0.39 is 0 Å². The standard InChI is InChI=1S/C16H15BrO3/c1-11-3-6-13(17)9-16(11)20-10-15(18)12-4-7-14(19-2)8-5-12/h3-9H,10H2,1-2H3. The highest BCUT2D eigenvalue weighted by molar-refractivity contribution is 9.10. The van der Waals surface area contributed by atoms with Crippen molar-refractivity contribution < 1.29 is 14.3 Å². The fourth-order valence-electron chi connectivity index (χ4n) is 1.73. The summed E-state index contributed by atoms with van der Waals surface area (Å²) in [5, 5.41) is 0. The van der Waals surface area contributed by atoms with Crippen molar-refractivity contribution in [2.75, 3.05) is 13.7 Å². The highest BCUT2D eigenvalue weighted by Crippen LogP contribution is 2.23. The predicted octanol–water partition coefficient (Wildman–Crippen LogP) is 4.03.